The average molecular weight is 543 g/mol. The summed E-state index contributed by atoms with van der Waals surface area (Å²) >= 11 is 12.0. The van der Waals surface area contributed by atoms with Crippen molar-refractivity contribution in [3.8, 4) is 0 Å². The van der Waals surface area contributed by atoms with Crippen LogP contribution in [0.15, 0.2) is 48.5 Å². The van der Waals surface area contributed by atoms with Crippen LogP contribution in [0, 0.1) is 0 Å². The van der Waals surface area contributed by atoms with E-state index in [1.807, 2.05) is 13.0 Å². The number of hydrogen-bond acceptors (Lipinski definition) is 4. The Morgan fingerprint density at radius 1 is 1.03 bits per heavy atom. The largest absolute Gasteiger partial charge is 0.354 e. The Morgan fingerprint density at radius 2 is 1.71 bits per heavy atom. The molecule has 7 nitrogen and oxygen atoms in total. The average Bonchev–Trinajstić information content (AvgIpc) is 2.80. The lowest BCUT2D eigenvalue weighted by molar-refractivity contribution is -0.140. The normalized spacial score (nSPS) is 12.1. The van der Waals surface area contributed by atoms with Crippen LogP contribution in [0.5, 0.6) is 0 Å². The highest BCUT2D eigenvalue weighted by molar-refractivity contribution is 7.92. The van der Waals surface area contributed by atoms with Crippen molar-refractivity contribution in [2.75, 3.05) is 23.7 Å². The number of halogens is 2. The van der Waals surface area contributed by atoms with Gasteiger partial charge in [0.2, 0.25) is 21.8 Å². The number of nitrogens with one attached hydrogen (secondary N) is 1. The van der Waals surface area contributed by atoms with Gasteiger partial charge < -0.3 is 10.2 Å². The van der Waals surface area contributed by atoms with E-state index in [2.05, 4.69) is 5.32 Å². The van der Waals surface area contributed by atoms with Crippen molar-refractivity contribution < 1.29 is 18.0 Å². The summed E-state index contributed by atoms with van der Waals surface area (Å²) in [4.78, 5) is 27.5. The fraction of sp³-hybridized carbons (Fsp3) is 0.440. The van der Waals surface area contributed by atoms with E-state index < -0.39 is 16.1 Å². The van der Waals surface area contributed by atoms with Gasteiger partial charge in [-0.1, -0.05) is 48.7 Å². The first-order chi connectivity index (χ1) is 16.5. The smallest absolute Gasteiger partial charge is 0.242 e. The highest BCUT2D eigenvalue weighted by Crippen LogP contribution is 2.22. The lowest BCUT2D eigenvalue weighted by Crippen LogP contribution is -2.48. The summed E-state index contributed by atoms with van der Waals surface area (Å²) in [6.45, 7) is 4.61. The number of rotatable bonds is 13. The van der Waals surface area contributed by atoms with E-state index in [4.69, 9.17) is 23.2 Å². The van der Waals surface area contributed by atoms with Gasteiger partial charge in [-0.25, -0.2) is 8.42 Å². The predicted molar refractivity (Wildman–Crippen MR) is 142 cm³/mol. The molecule has 0 saturated carbocycles. The first-order valence-electron chi connectivity index (χ1n) is 11.6. The monoisotopic (exact) mass is 541 g/mol. The lowest BCUT2D eigenvalue weighted by Gasteiger charge is -2.29. The maximum Gasteiger partial charge on any atom is 0.242 e. The fourth-order valence-electron chi connectivity index (χ4n) is 3.56. The third-order valence-corrected chi connectivity index (χ3v) is 7.19. The Bertz CT molecular complexity index is 1090. The summed E-state index contributed by atoms with van der Waals surface area (Å²) < 4.78 is 26.0. The quantitative estimate of drug-likeness (QED) is 0.366. The molecule has 0 aliphatic rings. The molecule has 0 fully saturated rings. The van der Waals surface area contributed by atoms with Gasteiger partial charge in [-0.05, 0) is 61.7 Å². The molecule has 192 valence electrons. The van der Waals surface area contributed by atoms with Crippen molar-refractivity contribution in [2.45, 2.75) is 52.1 Å². The Balaban J connectivity index is 2.13. The number of nitrogens with zero attached hydrogens (tertiary/aromatic N) is 2. The van der Waals surface area contributed by atoms with Crippen LogP contribution in [0.1, 0.15) is 45.1 Å². The number of sulfonamides is 1. The number of anilines is 1. The molecule has 2 rings (SSSR count). The number of carbonyl (C=O) groups is 2. The van der Waals surface area contributed by atoms with Crippen molar-refractivity contribution in [1.82, 2.24) is 10.2 Å². The number of unbranched alkanes of at least 4 members (excludes halogenated alkanes) is 1. The summed E-state index contributed by atoms with van der Waals surface area (Å²) in [7, 11) is -3.56. The number of carbonyl (C=O) groups excluding carboxylic acids is 2. The van der Waals surface area contributed by atoms with Crippen LogP contribution >= 0.6 is 23.2 Å². The second-order valence-corrected chi connectivity index (χ2v) is 11.2. The van der Waals surface area contributed by atoms with Crippen molar-refractivity contribution in [3.05, 3.63) is 64.1 Å². The summed E-state index contributed by atoms with van der Waals surface area (Å²) in [6.07, 6.45) is 3.28. The van der Waals surface area contributed by atoms with E-state index >= 15 is 0 Å². The van der Waals surface area contributed by atoms with Crippen LogP contribution in [0.3, 0.4) is 0 Å². The molecule has 0 aromatic heterocycles. The standard InChI is InChI=1S/C25H33Cl2N3O4S/c1-4-5-15-28-25(32)19(2)29(18-20-8-6-9-22(27)17-20)24(31)10-7-16-30(35(3,33)34)23-13-11-21(26)12-14-23/h6,8-9,11-14,17,19H,4-5,7,10,15-16,18H2,1-3H3,(H,28,32)/t19-/m1/s1. The minimum Gasteiger partial charge on any atom is -0.354 e. The van der Waals surface area contributed by atoms with E-state index in [9.17, 15) is 18.0 Å². The minimum atomic E-state index is -3.56. The van der Waals surface area contributed by atoms with Crippen LogP contribution in [0.25, 0.3) is 0 Å². The highest BCUT2D eigenvalue weighted by Gasteiger charge is 2.26. The summed E-state index contributed by atoms with van der Waals surface area (Å²) in [5, 5.41) is 3.92. The third-order valence-electron chi connectivity index (χ3n) is 5.51. The van der Waals surface area contributed by atoms with Crippen molar-refractivity contribution in [3.63, 3.8) is 0 Å². The molecule has 0 radical (unpaired) electrons. The van der Waals surface area contributed by atoms with E-state index in [1.54, 1.807) is 49.4 Å². The molecule has 0 aliphatic carbocycles. The number of amides is 2. The van der Waals surface area contributed by atoms with E-state index in [0.717, 1.165) is 24.7 Å². The van der Waals surface area contributed by atoms with Crippen LogP contribution in [0.2, 0.25) is 10.0 Å². The van der Waals surface area contributed by atoms with Crippen molar-refractivity contribution in [2.24, 2.45) is 0 Å². The van der Waals surface area contributed by atoms with E-state index in [0.29, 0.717) is 22.3 Å². The maximum absolute atomic E-state index is 13.2. The zero-order valence-corrected chi connectivity index (χ0v) is 22.7. The molecule has 0 aliphatic heterocycles. The molecule has 2 aromatic carbocycles. The maximum atomic E-state index is 13.2. The Morgan fingerprint density at radius 3 is 2.31 bits per heavy atom. The first kappa shape index (κ1) is 28.9. The molecule has 10 heteroatoms. The van der Waals surface area contributed by atoms with Gasteiger partial charge in [-0.2, -0.15) is 0 Å². The van der Waals surface area contributed by atoms with Crippen molar-refractivity contribution in [1.29, 1.82) is 0 Å². The third kappa shape index (κ3) is 9.35. The zero-order chi connectivity index (χ0) is 26.0. The molecule has 0 saturated heterocycles. The SMILES string of the molecule is CCCCNC(=O)[C@@H](C)N(Cc1cccc(Cl)c1)C(=O)CCCN(c1ccc(Cl)cc1)S(C)(=O)=O. The molecule has 35 heavy (non-hydrogen) atoms. The summed E-state index contributed by atoms with van der Waals surface area (Å²) in [5.41, 5.74) is 1.28. The molecule has 1 atom stereocenters. The van der Waals surface area contributed by atoms with E-state index in [-0.39, 0.29) is 37.7 Å². The molecule has 2 amide bonds. The molecule has 0 spiro atoms. The van der Waals surface area contributed by atoms with Gasteiger partial charge in [0.1, 0.15) is 6.04 Å². The molecule has 2 aromatic rings. The molecule has 0 heterocycles. The topological polar surface area (TPSA) is 86.8 Å². The molecule has 0 bridgehead atoms. The van der Waals surface area contributed by atoms with Gasteiger partial charge in [-0.15, -0.1) is 0 Å². The van der Waals surface area contributed by atoms with E-state index in [1.165, 1.54) is 9.21 Å². The van der Waals surface area contributed by atoms with Crippen LogP contribution in [0.4, 0.5) is 5.69 Å². The highest BCUT2D eigenvalue weighted by atomic mass is 35.5. The van der Waals surface area contributed by atoms with Gasteiger partial charge in [0, 0.05) is 36.1 Å². The second kappa shape index (κ2) is 13.7. The predicted octanol–water partition coefficient (Wildman–Crippen LogP) is 4.87. The summed E-state index contributed by atoms with van der Waals surface area (Å²) in [6, 6.07) is 12.9. The number of hydrogen-bond donors (Lipinski definition) is 1. The van der Waals surface area contributed by atoms with Crippen LogP contribution < -0.4 is 9.62 Å². The summed E-state index contributed by atoms with van der Waals surface area (Å²) in [5.74, 6) is -0.472. The van der Waals surface area contributed by atoms with Gasteiger partial charge in [0.25, 0.3) is 0 Å². The lowest BCUT2D eigenvalue weighted by atomic mass is 10.1. The second-order valence-electron chi connectivity index (χ2n) is 8.39. The molecular weight excluding hydrogens is 509 g/mol. The van der Waals surface area contributed by atoms with Gasteiger partial charge in [-0.3, -0.25) is 13.9 Å². The fourth-order valence-corrected chi connectivity index (χ4v) is 4.87. The van der Waals surface area contributed by atoms with Gasteiger partial charge >= 0.3 is 0 Å². The van der Waals surface area contributed by atoms with Crippen LogP contribution in [-0.4, -0.2) is 50.5 Å². The molecule has 0 unspecified atom stereocenters. The minimum absolute atomic E-state index is 0.0761. The molecule has 1 N–H and O–H groups in total. The first-order valence-corrected chi connectivity index (χ1v) is 14.2. The Kier molecular flexibility index (Phi) is 11.3. The Hall–Kier alpha value is -2.29. The van der Waals surface area contributed by atoms with Gasteiger partial charge in [0.15, 0.2) is 0 Å². The molecular formula is C25H33Cl2N3O4S. The zero-order valence-electron chi connectivity index (χ0n) is 20.3. The Labute approximate surface area is 218 Å². The number of benzene rings is 2. The van der Waals surface area contributed by atoms with Crippen LogP contribution in [-0.2, 0) is 26.2 Å². The van der Waals surface area contributed by atoms with Gasteiger partial charge in [0.05, 0.1) is 11.9 Å². The van der Waals surface area contributed by atoms with Crippen molar-refractivity contribution >= 4 is 50.7 Å².